The lowest BCUT2D eigenvalue weighted by molar-refractivity contribution is -0.148. The summed E-state index contributed by atoms with van der Waals surface area (Å²) in [7, 11) is -3.15. The molecule has 0 saturated carbocycles. The lowest BCUT2D eigenvalue weighted by atomic mass is 10.2. The molecule has 0 saturated heterocycles. The zero-order valence-corrected chi connectivity index (χ0v) is 16.9. The lowest BCUT2D eigenvalue weighted by Crippen LogP contribution is -2.33. The van der Waals surface area contributed by atoms with Crippen LogP contribution >= 0.6 is 8.18 Å². The number of halogens is 5. The molecule has 0 aliphatic heterocycles. The number of para-hydroxylation sites is 2. The van der Waals surface area contributed by atoms with Crippen LogP contribution in [0.2, 0.25) is 0 Å². The van der Waals surface area contributed by atoms with Crippen LogP contribution in [0.4, 0.5) is 22.0 Å². The lowest BCUT2D eigenvalue weighted by Gasteiger charge is -2.17. The van der Waals surface area contributed by atoms with Crippen LogP contribution < -0.4 is 14.3 Å². The Morgan fingerprint density at radius 2 is 1.40 bits per heavy atom. The zero-order valence-electron chi connectivity index (χ0n) is 15.9. The molecule has 0 radical (unpaired) electrons. The van der Waals surface area contributed by atoms with E-state index in [1.165, 1.54) is 25.1 Å². The van der Waals surface area contributed by atoms with Crippen molar-refractivity contribution in [1.82, 2.24) is 5.09 Å². The average molecular weight is 453 g/mol. The normalized spacial score (nSPS) is 13.1. The predicted octanol–water partition coefficient (Wildman–Crippen LogP) is 4.87. The molecule has 30 heavy (non-hydrogen) atoms. The number of carbonyl (C=O) groups excluding carboxylic acids is 1. The van der Waals surface area contributed by atoms with Crippen molar-refractivity contribution in [3.8, 4) is 17.2 Å². The largest absolute Gasteiger partial charge is 0.462 e. The molecule has 2 aromatic carbocycles. The van der Waals surface area contributed by atoms with Gasteiger partial charge in [0.15, 0.2) is 11.5 Å². The number of hydrogen-bond donors (Lipinski definition) is 1. The van der Waals surface area contributed by atoms with Crippen molar-refractivity contribution in [1.29, 1.82) is 0 Å². The molecule has 0 spiro atoms. The number of carbonyl (C=O) groups is 1. The second kappa shape index (κ2) is 9.90. The molecule has 0 heterocycles. The standard InChI is InChI=1S/C18H17F5NO5P/c1-8(2)27-18(25)9(3)24-30(26)29-11-7-5-4-6-10(11)28-17-15(22)13(20)12(19)14(21)16(17)23/h4-9,30H,1-3H3,(H,24,26)/t9-/m0/s1. The minimum absolute atomic E-state index is 0.331. The predicted molar refractivity (Wildman–Crippen MR) is 96.2 cm³/mol. The van der Waals surface area contributed by atoms with Gasteiger partial charge in [-0.2, -0.15) is 8.78 Å². The molecule has 0 aromatic heterocycles. The molecule has 0 fully saturated rings. The quantitative estimate of drug-likeness (QED) is 0.202. The summed E-state index contributed by atoms with van der Waals surface area (Å²) in [5, 5.41) is 2.35. The molecule has 0 aliphatic rings. The van der Waals surface area contributed by atoms with Crippen molar-refractivity contribution in [3.05, 3.63) is 53.4 Å². The van der Waals surface area contributed by atoms with Gasteiger partial charge in [0.25, 0.3) is 0 Å². The number of benzene rings is 2. The molecular formula is C18H17F5NO5P. The summed E-state index contributed by atoms with van der Waals surface area (Å²) in [5.41, 5.74) is 0. The highest BCUT2D eigenvalue weighted by Gasteiger charge is 2.28. The van der Waals surface area contributed by atoms with E-state index in [2.05, 4.69) is 5.09 Å². The SMILES string of the molecule is CC(C)OC(=O)[C@H](C)N[PH](=O)Oc1ccccc1Oc1c(F)c(F)c(F)c(F)c1F. The molecule has 12 heteroatoms. The van der Waals surface area contributed by atoms with Crippen molar-refractivity contribution >= 4 is 14.1 Å². The van der Waals surface area contributed by atoms with Gasteiger partial charge in [-0.1, -0.05) is 12.1 Å². The van der Waals surface area contributed by atoms with Gasteiger partial charge in [0.05, 0.1) is 6.10 Å². The summed E-state index contributed by atoms with van der Waals surface area (Å²) >= 11 is 0. The molecule has 1 N–H and O–H groups in total. The number of rotatable bonds is 8. The van der Waals surface area contributed by atoms with Crippen LogP contribution in [-0.4, -0.2) is 18.1 Å². The van der Waals surface area contributed by atoms with Gasteiger partial charge in [-0.25, -0.2) is 18.3 Å². The smallest absolute Gasteiger partial charge is 0.323 e. The van der Waals surface area contributed by atoms with Crippen molar-refractivity contribution in [2.75, 3.05) is 0 Å². The van der Waals surface area contributed by atoms with E-state index >= 15 is 0 Å². The van der Waals surface area contributed by atoms with E-state index in [1.54, 1.807) is 13.8 Å². The van der Waals surface area contributed by atoms with Crippen molar-refractivity contribution in [2.45, 2.75) is 32.9 Å². The van der Waals surface area contributed by atoms with Gasteiger partial charge in [0, 0.05) is 0 Å². The molecule has 2 atom stereocenters. The highest BCUT2D eigenvalue weighted by Crippen LogP contribution is 2.39. The molecular weight excluding hydrogens is 436 g/mol. The average Bonchev–Trinajstić information content (AvgIpc) is 2.68. The fourth-order valence-electron chi connectivity index (χ4n) is 2.10. The fourth-order valence-corrected chi connectivity index (χ4v) is 3.00. The van der Waals surface area contributed by atoms with E-state index in [1.807, 2.05) is 0 Å². The van der Waals surface area contributed by atoms with E-state index < -0.39 is 66.9 Å². The molecule has 0 aliphatic carbocycles. The van der Waals surface area contributed by atoms with Gasteiger partial charge >= 0.3 is 14.1 Å². The zero-order chi connectivity index (χ0) is 22.6. The number of esters is 1. The van der Waals surface area contributed by atoms with E-state index in [-0.39, 0.29) is 5.75 Å². The Labute approximate surface area is 168 Å². The molecule has 0 amide bonds. The summed E-state index contributed by atoms with van der Waals surface area (Å²) in [5.74, 6) is -14.1. The summed E-state index contributed by atoms with van der Waals surface area (Å²) in [4.78, 5) is 11.7. The Hall–Kier alpha value is -2.65. The third-order valence-electron chi connectivity index (χ3n) is 3.47. The Morgan fingerprint density at radius 1 is 0.900 bits per heavy atom. The van der Waals surface area contributed by atoms with Gasteiger partial charge in [0.2, 0.25) is 34.8 Å². The van der Waals surface area contributed by atoms with Gasteiger partial charge in [-0.15, -0.1) is 0 Å². The van der Waals surface area contributed by atoms with Crippen LogP contribution in [0.1, 0.15) is 20.8 Å². The molecule has 2 aromatic rings. The number of ether oxygens (including phenoxy) is 2. The fraction of sp³-hybridized carbons (Fsp3) is 0.278. The summed E-state index contributed by atoms with van der Waals surface area (Å²) in [6, 6.07) is 3.97. The molecule has 164 valence electrons. The highest BCUT2D eigenvalue weighted by atomic mass is 31.1. The third-order valence-corrected chi connectivity index (χ3v) is 4.55. The molecule has 2 rings (SSSR count). The Balaban J connectivity index is 2.22. The Morgan fingerprint density at radius 3 is 1.93 bits per heavy atom. The maximum atomic E-state index is 13.8. The van der Waals surface area contributed by atoms with E-state index in [0.29, 0.717) is 0 Å². The highest BCUT2D eigenvalue weighted by molar-refractivity contribution is 7.37. The number of hydrogen-bond acceptors (Lipinski definition) is 5. The molecule has 1 unspecified atom stereocenters. The Kier molecular flexibility index (Phi) is 7.80. The van der Waals surface area contributed by atoms with E-state index in [4.69, 9.17) is 14.0 Å². The van der Waals surface area contributed by atoms with Crippen LogP contribution in [-0.2, 0) is 14.1 Å². The van der Waals surface area contributed by atoms with Crippen LogP contribution in [0.3, 0.4) is 0 Å². The topological polar surface area (TPSA) is 73.9 Å². The van der Waals surface area contributed by atoms with Crippen LogP contribution in [0.5, 0.6) is 17.2 Å². The van der Waals surface area contributed by atoms with Crippen LogP contribution in [0, 0.1) is 29.1 Å². The second-order valence-electron chi connectivity index (χ2n) is 6.19. The van der Waals surface area contributed by atoms with Crippen molar-refractivity contribution < 1.29 is 45.3 Å². The first-order chi connectivity index (χ1) is 14.0. The maximum Gasteiger partial charge on any atom is 0.323 e. The minimum Gasteiger partial charge on any atom is -0.462 e. The second-order valence-corrected chi connectivity index (χ2v) is 7.26. The first-order valence-electron chi connectivity index (χ1n) is 8.50. The van der Waals surface area contributed by atoms with Crippen molar-refractivity contribution in [3.63, 3.8) is 0 Å². The minimum atomic E-state index is -3.15. The monoisotopic (exact) mass is 453 g/mol. The van der Waals surface area contributed by atoms with Crippen molar-refractivity contribution in [2.24, 2.45) is 0 Å². The van der Waals surface area contributed by atoms with Gasteiger partial charge in [-0.05, 0) is 32.9 Å². The maximum absolute atomic E-state index is 13.8. The summed E-state index contributed by atoms with van der Waals surface area (Å²) < 4.78 is 94.6. The van der Waals surface area contributed by atoms with Crippen LogP contribution in [0.25, 0.3) is 0 Å². The summed E-state index contributed by atoms with van der Waals surface area (Å²) in [6.07, 6.45) is -0.402. The van der Waals surface area contributed by atoms with E-state index in [0.717, 1.165) is 6.07 Å². The first kappa shape index (κ1) is 23.6. The Bertz CT molecular complexity index is 943. The molecule has 6 nitrogen and oxygen atoms in total. The number of nitrogens with one attached hydrogen (secondary N) is 1. The summed E-state index contributed by atoms with van der Waals surface area (Å²) in [6.45, 7) is 4.61. The molecule has 0 bridgehead atoms. The van der Waals surface area contributed by atoms with Gasteiger partial charge in [-0.3, -0.25) is 9.36 Å². The van der Waals surface area contributed by atoms with E-state index in [9.17, 15) is 31.3 Å². The van der Waals surface area contributed by atoms with Gasteiger partial charge in [0.1, 0.15) is 6.04 Å². The van der Waals surface area contributed by atoms with Crippen LogP contribution in [0.15, 0.2) is 24.3 Å². The van der Waals surface area contributed by atoms with Gasteiger partial charge < -0.3 is 14.0 Å². The third kappa shape index (κ3) is 5.48. The first-order valence-corrected chi connectivity index (χ1v) is 9.81.